The predicted octanol–water partition coefficient (Wildman–Crippen LogP) is 11.6. The van der Waals surface area contributed by atoms with E-state index < -0.39 is 0 Å². The molecule has 1 nitrogen and oxygen atoms in total. The SMILES string of the molecule is C(=Cc1ccc(N(c2ccccc2)c2ccccc2)cc1)c1ccc(-c2cccc3c2Sc2ccccc2S3)cc1. The number of hydrogen-bond donors (Lipinski definition) is 0. The van der Waals surface area contributed by atoms with Crippen molar-refractivity contribution in [2.45, 2.75) is 19.6 Å². The van der Waals surface area contributed by atoms with Crippen LogP contribution in [0.1, 0.15) is 11.1 Å². The normalized spacial score (nSPS) is 12.1. The fourth-order valence-electron chi connectivity index (χ4n) is 5.08. The number of anilines is 3. The van der Waals surface area contributed by atoms with Crippen molar-refractivity contribution in [3.63, 3.8) is 0 Å². The molecular formula is C38H27NS2. The minimum Gasteiger partial charge on any atom is -0.311 e. The highest BCUT2D eigenvalue weighted by Crippen LogP contribution is 2.51. The van der Waals surface area contributed by atoms with Crippen LogP contribution in [0.25, 0.3) is 23.3 Å². The van der Waals surface area contributed by atoms with E-state index in [1.807, 2.05) is 23.5 Å². The molecule has 1 heterocycles. The molecular weight excluding hydrogens is 535 g/mol. The highest BCUT2D eigenvalue weighted by molar-refractivity contribution is 8.05. The highest BCUT2D eigenvalue weighted by Gasteiger charge is 2.20. The van der Waals surface area contributed by atoms with Crippen molar-refractivity contribution in [2.24, 2.45) is 0 Å². The molecule has 41 heavy (non-hydrogen) atoms. The van der Waals surface area contributed by atoms with Gasteiger partial charge >= 0.3 is 0 Å². The highest BCUT2D eigenvalue weighted by atomic mass is 32.2. The molecule has 6 aromatic rings. The summed E-state index contributed by atoms with van der Waals surface area (Å²) in [4.78, 5) is 7.63. The Labute approximate surface area is 250 Å². The van der Waals surface area contributed by atoms with Crippen LogP contribution in [0, 0.1) is 0 Å². The summed E-state index contributed by atoms with van der Waals surface area (Å²) in [6, 6.07) is 53.9. The molecule has 3 heteroatoms. The topological polar surface area (TPSA) is 3.24 Å². The maximum absolute atomic E-state index is 2.28. The van der Waals surface area contributed by atoms with Crippen LogP contribution in [0.4, 0.5) is 17.1 Å². The first kappa shape index (κ1) is 25.5. The van der Waals surface area contributed by atoms with Crippen LogP contribution in [0.5, 0.6) is 0 Å². The van der Waals surface area contributed by atoms with Gasteiger partial charge in [-0.1, -0.05) is 133 Å². The van der Waals surface area contributed by atoms with E-state index in [4.69, 9.17) is 0 Å². The Balaban J connectivity index is 1.10. The summed E-state index contributed by atoms with van der Waals surface area (Å²) >= 11 is 3.74. The molecule has 0 fully saturated rings. The van der Waals surface area contributed by atoms with Crippen molar-refractivity contribution in [1.29, 1.82) is 0 Å². The van der Waals surface area contributed by atoms with Crippen LogP contribution >= 0.6 is 23.5 Å². The van der Waals surface area contributed by atoms with E-state index in [0.29, 0.717) is 0 Å². The standard InChI is InChI=1S/C38H27NS2/c1-3-10-31(11-4-1)39(32-12-5-2-6-13-32)33-26-22-29(23-27-33)19-18-28-20-24-30(25-21-28)34-14-9-17-37-38(34)41-36-16-8-7-15-35(36)40-37/h1-27H. The van der Waals surface area contributed by atoms with Crippen molar-refractivity contribution < 1.29 is 0 Å². The van der Waals surface area contributed by atoms with Crippen LogP contribution < -0.4 is 4.90 Å². The molecule has 0 aromatic heterocycles. The number of fused-ring (bicyclic) bond motifs is 2. The molecule has 0 radical (unpaired) electrons. The zero-order chi connectivity index (χ0) is 27.4. The van der Waals surface area contributed by atoms with E-state index in [2.05, 4.69) is 169 Å². The van der Waals surface area contributed by atoms with Crippen LogP contribution in [0.3, 0.4) is 0 Å². The summed E-state index contributed by atoms with van der Waals surface area (Å²) in [5.74, 6) is 0. The van der Waals surface area contributed by atoms with E-state index in [1.165, 1.54) is 41.8 Å². The first-order valence-corrected chi connectivity index (χ1v) is 15.3. The molecule has 0 N–H and O–H groups in total. The van der Waals surface area contributed by atoms with E-state index in [1.54, 1.807) is 0 Å². The maximum atomic E-state index is 2.28. The van der Waals surface area contributed by atoms with Crippen LogP contribution in [-0.4, -0.2) is 0 Å². The second-order valence-corrected chi connectivity index (χ2v) is 12.0. The van der Waals surface area contributed by atoms with Crippen molar-refractivity contribution >= 4 is 52.7 Å². The lowest BCUT2D eigenvalue weighted by molar-refractivity contribution is 1.16. The quantitative estimate of drug-likeness (QED) is 0.186. The van der Waals surface area contributed by atoms with Crippen LogP contribution in [0.15, 0.2) is 171 Å². The molecule has 0 saturated heterocycles. The largest absolute Gasteiger partial charge is 0.311 e. The van der Waals surface area contributed by atoms with Crippen molar-refractivity contribution in [3.05, 3.63) is 163 Å². The predicted molar refractivity (Wildman–Crippen MR) is 177 cm³/mol. The first-order chi connectivity index (χ1) is 20.3. The zero-order valence-electron chi connectivity index (χ0n) is 22.4. The molecule has 7 rings (SSSR count). The molecule has 0 bridgehead atoms. The fourth-order valence-corrected chi connectivity index (χ4v) is 7.48. The van der Waals surface area contributed by atoms with Gasteiger partial charge in [0.15, 0.2) is 0 Å². The molecule has 0 spiro atoms. The van der Waals surface area contributed by atoms with Gasteiger partial charge in [0.25, 0.3) is 0 Å². The molecule has 1 aliphatic rings. The molecule has 0 amide bonds. The van der Waals surface area contributed by atoms with Gasteiger partial charge < -0.3 is 4.90 Å². The van der Waals surface area contributed by atoms with Crippen LogP contribution in [-0.2, 0) is 0 Å². The summed E-state index contributed by atoms with van der Waals surface area (Å²) in [5, 5.41) is 0. The smallest absolute Gasteiger partial charge is 0.0462 e. The van der Waals surface area contributed by atoms with Crippen LogP contribution in [0.2, 0.25) is 0 Å². The van der Waals surface area contributed by atoms with Gasteiger partial charge in [0.05, 0.1) is 0 Å². The van der Waals surface area contributed by atoms with Crippen molar-refractivity contribution in [3.8, 4) is 11.1 Å². The Morgan fingerprint density at radius 1 is 0.390 bits per heavy atom. The second-order valence-electron chi connectivity index (χ2n) is 9.84. The minimum absolute atomic E-state index is 1.13. The zero-order valence-corrected chi connectivity index (χ0v) is 24.0. The van der Waals surface area contributed by atoms with Gasteiger partial charge in [-0.3, -0.25) is 0 Å². The third-order valence-electron chi connectivity index (χ3n) is 7.13. The third kappa shape index (κ3) is 5.47. The van der Waals surface area contributed by atoms with E-state index in [-0.39, 0.29) is 0 Å². The first-order valence-electron chi connectivity index (χ1n) is 13.7. The van der Waals surface area contributed by atoms with Crippen molar-refractivity contribution in [1.82, 2.24) is 0 Å². The summed E-state index contributed by atoms with van der Waals surface area (Å²) in [7, 11) is 0. The Morgan fingerprint density at radius 3 is 1.49 bits per heavy atom. The molecule has 0 aliphatic carbocycles. The minimum atomic E-state index is 1.13. The molecule has 0 atom stereocenters. The Bertz CT molecular complexity index is 1770. The number of rotatable bonds is 6. The lowest BCUT2D eigenvalue weighted by Gasteiger charge is -2.25. The maximum Gasteiger partial charge on any atom is 0.0462 e. The average Bonchev–Trinajstić information content (AvgIpc) is 3.04. The van der Waals surface area contributed by atoms with Crippen molar-refractivity contribution in [2.75, 3.05) is 4.90 Å². The monoisotopic (exact) mass is 561 g/mol. The average molecular weight is 562 g/mol. The molecule has 1 aliphatic heterocycles. The van der Waals surface area contributed by atoms with Gasteiger partial charge in [-0.2, -0.15) is 0 Å². The molecule has 196 valence electrons. The Morgan fingerprint density at radius 2 is 0.878 bits per heavy atom. The molecule has 6 aromatic carbocycles. The number of hydrogen-bond acceptors (Lipinski definition) is 3. The lowest BCUT2D eigenvalue weighted by atomic mass is 10.0. The van der Waals surface area contributed by atoms with Gasteiger partial charge in [-0.25, -0.2) is 0 Å². The van der Waals surface area contributed by atoms with Gasteiger partial charge in [0.2, 0.25) is 0 Å². The Hall–Kier alpha value is -4.44. The summed E-state index contributed by atoms with van der Waals surface area (Å²) in [6.07, 6.45) is 4.37. The second kappa shape index (κ2) is 11.6. The fraction of sp³-hybridized carbons (Fsp3) is 0. The summed E-state index contributed by atoms with van der Waals surface area (Å²) in [5.41, 5.74) is 8.31. The van der Waals surface area contributed by atoms with Gasteiger partial charge in [-0.15, -0.1) is 0 Å². The lowest BCUT2D eigenvalue weighted by Crippen LogP contribution is -2.09. The summed E-state index contributed by atoms with van der Waals surface area (Å²) < 4.78 is 0. The van der Waals surface area contributed by atoms with E-state index in [9.17, 15) is 0 Å². The number of para-hydroxylation sites is 2. The molecule has 0 saturated carbocycles. The van der Waals surface area contributed by atoms with Gasteiger partial charge in [0.1, 0.15) is 0 Å². The number of nitrogens with zero attached hydrogens (tertiary/aromatic N) is 1. The van der Waals surface area contributed by atoms with E-state index >= 15 is 0 Å². The Kier molecular flexibility index (Phi) is 7.21. The molecule has 0 unspecified atom stereocenters. The van der Waals surface area contributed by atoms with E-state index in [0.717, 1.165) is 17.1 Å². The third-order valence-corrected chi connectivity index (χ3v) is 9.74. The number of benzene rings is 6. The van der Waals surface area contributed by atoms with Gasteiger partial charge in [-0.05, 0) is 76.9 Å². The summed E-state index contributed by atoms with van der Waals surface area (Å²) in [6.45, 7) is 0. The van der Waals surface area contributed by atoms with Gasteiger partial charge in [0, 0.05) is 36.6 Å².